The van der Waals surface area contributed by atoms with E-state index in [1.54, 1.807) is 18.2 Å². The van der Waals surface area contributed by atoms with E-state index in [1.165, 1.54) is 22.2 Å². The fourth-order valence-corrected chi connectivity index (χ4v) is 2.37. The van der Waals surface area contributed by atoms with E-state index in [9.17, 15) is 4.79 Å². The third kappa shape index (κ3) is 2.25. The van der Waals surface area contributed by atoms with Gasteiger partial charge in [0.2, 0.25) is 0 Å². The summed E-state index contributed by atoms with van der Waals surface area (Å²) >= 11 is 6.92. The van der Waals surface area contributed by atoms with Gasteiger partial charge in [-0.1, -0.05) is 11.6 Å². The number of ketones is 1. The van der Waals surface area contributed by atoms with E-state index < -0.39 is 0 Å². The van der Waals surface area contributed by atoms with E-state index in [0.717, 1.165) is 0 Å². The molecule has 0 saturated carbocycles. The maximum absolute atomic E-state index is 11.9. The molecule has 88 valence electrons. The molecule has 0 aliphatic carbocycles. The van der Waals surface area contributed by atoms with Crippen LogP contribution in [0.2, 0.25) is 4.34 Å². The molecule has 0 atom stereocenters. The van der Waals surface area contributed by atoms with Crippen molar-refractivity contribution in [1.29, 1.82) is 10.5 Å². The first-order valence-electron chi connectivity index (χ1n) is 4.79. The molecule has 2 rings (SSSR count). The van der Waals surface area contributed by atoms with Crippen LogP contribution < -0.4 is 0 Å². The van der Waals surface area contributed by atoms with Crippen molar-refractivity contribution in [3.05, 3.63) is 39.1 Å². The number of hydrogen-bond acceptors (Lipinski definition) is 5. The van der Waals surface area contributed by atoms with Crippen LogP contribution in [-0.4, -0.2) is 15.3 Å². The quantitative estimate of drug-likeness (QED) is 0.805. The Kier molecular flexibility index (Phi) is 3.42. The molecule has 2 aromatic rings. The monoisotopic (exact) mass is 276 g/mol. The first kappa shape index (κ1) is 12.3. The zero-order chi connectivity index (χ0) is 13.1. The smallest absolute Gasteiger partial charge is 0.192 e. The van der Waals surface area contributed by atoms with Crippen molar-refractivity contribution in [3.63, 3.8) is 0 Å². The number of halogens is 1. The van der Waals surface area contributed by atoms with Gasteiger partial charge in [0.15, 0.2) is 17.2 Å². The second-order valence-electron chi connectivity index (χ2n) is 3.32. The summed E-state index contributed by atoms with van der Waals surface area (Å²) in [6.45, 7) is -0.0333. The maximum atomic E-state index is 11.9. The van der Waals surface area contributed by atoms with Crippen LogP contribution in [0.5, 0.6) is 0 Å². The molecule has 0 aliphatic rings. The number of nitrogens with zero attached hydrogens (tertiary/aromatic N) is 4. The average molecular weight is 277 g/mol. The number of rotatable bonds is 3. The number of nitriles is 2. The molecule has 0 radical (unpaired) electrons. The highest BCUT2D eigenvalue weighted by molar-refractivity contribution is 7.18. The molecule has 0 unspecified atom stereocenters. The lowest BCUT2D eigenvalue weighted by Crippen LogP contribution is -2.10. The van der Waals surface area contributed by atoms with Gasteiger partial charge in [0.05, 0.1) is 22.1 Å². The summed E-state index contributed by atoms with van der Waals surface area (Å²) in [6, 6.07) is 6.93. The number of carbonyl (C=O) groups excluding carboxylic acids is 1. The Hall–Kier alpha value is -2.15. The average Bonchev–Trinajstić information content (AvgIpc) is 2.95. The fourth-order valence-electron chi connectivity index (χ4n) is 1.40. The zero-order valence-corrected chi connectivity index (χ0v) is 10.5. The number of thiophene rings is 1. The molecular formula is C11H5ClN4OS. The lowest BCUT2D eigenvalue weighted by Gasteiger charge is -2.00. The highest BCUT2D eigenvalue weighted by Crippen LogP contribution is 2.22. The van der Waals surface area contributed by atoms with Gasteiger partial charge in [-0.2, -0.15) is 10.5 Å². The molecule has 0 fully saturated rings. The maximum Gasteiger partial charge on any atom is 0.192 e. The summed E-state index contributed by atoms with van der Waals surface area (Å²) < 4.78 is 1.89. The highest BCUT2D eigenvalue weighted by Gasteiger charge is 2.15. The normalized spacial score (nSPS) is 9.72. The van der Waals surface area contributed by atoms with Crippen LogP contribution in [0.4, 0.5) is 0 Å². The van der Waals surface area contributed by atoms with E-state index in [4.69, 9.17) is 22.1 Å². The van der Waals surface area contributed by atoms with Crippen LogP contribution in [0.1, 0.15) is 21.1 Å². The third-order valence-electron chi connectivity index (χ3n) is 2.21. The number of hydrogen-bond donors (Lipinski definition) is 0. The lowest BCUT2D eigenvalue weighted by atomic mass is 10.3. The molecule has 0 aliphatic heterocycles. The molecule has 2 aromatic heterocycles. The number of imidazole rings is 1. The summed E-state index contributed by atoms with van der Waals surface area (Å²) in [5.74, 6) is -0.176. The van der Waals surface area contributed by atoms with Crippen LogP contribution in [0.25, 0.3) is 0 Å². The summed E-state index contributed by atoms with van der Waals surface area (Å²) in [4.78, 5) is 16.2. The van der Waals surface area contributed by atoms with Crippen molar-refractivity contribution in [1.82, 2.24) is 9.55 Å². The Morgan fingerprint density at radius 3 is 2.78 bits per heavy atom. The zero-order valence-electron chi connectivity index (χ0n) is 8.92. The first-order valence-corrected chi connectivity index (χ1v) is 5.99. The Bertz CT molecular complexity index is 689. The predicted octanol–water partition coefficient (Wildman–Crippen LogP) is 2.22. The largest absolute Gasteiger partial charge is 0.313 e. The van der Waals surface area contributed by atoms with E-state index in [-0.39, 0.29) is 23.7 Å². The molecule has 0 saturated heterocycles. The van der Waals surface area contributed by atoms with Gasteiger partial charge < -0.3 is 4.57 Å². The van der Waals surface area contributed by atoms with Gasteiger partial charge in [-0.15, -0.1) is 11.3 Å². The third-order valence-corrected chi connectivity index (χ3v) is 3.48. The van der Waals surface area contributed by atoms with Crippen LogP contribution in [0, 0.1) is 22.7 Å². The van der Waals surface area contributed by atoms with Gasteiger partial charge in [-0.3, -0.25) is 4.79 Å². The van der Waals surface area contributed by atoms with Crippen molar-refractivity contribution in [2.75, 3.05) is 0 Å². The van der Waals surface area contributed by atoms with Gasteiger partial charge >= 0.3 is 0 Å². The topological polar surface area (TPSA) is 82.5 Å². The molecule has 0 bridgehead atoms. The lowest BCUT2D eigenvalue weighted by molar-refractivity contribution is 0.0975. The van der Waals surface area contributed by atoms with Crippen molar-refractivity contribution in [2.45, 2.75) is 6.54 Å². The van der Waals surface area contributed by atoms with Gasteiger partial charge in [-0.25, -0.2) is 4.98 Å². The molecule has 5 nitrogen and oxygen atoms in total. The van der Waals surface area contributed by atoms with E-state index in [0.29, 0.717) is 9.21 Å². The second kappa shape index (κ2) is 5.01. The Balaban J connectivity index is 2.26. The minimum atomic E-state index is -0.176. The standard InChI is InChI=1S/C11H5ClN4OS/c12-11-2-1-10(18-11)9(17)5-16-6-15-7(3-13)8(16)4-14/h1-2,6H,5H2. The molecule has 0 amide bonds. The van der Waals surface area contributed by atoms with Crippen LogP contribution in [0.3, 0.4) is 0 Å². The predicted molar refractivity (Wildman–Crippen MR) is 65.3 cm³/mol. The summed E-state index contributed by atoms with van der Waals surface area (Å²) in [7, 11) is 0. The summed E-state index contributed by atoms with van der Waals surface area (Å²) in [5.41, 5.74) is 0.114. The van der Waals surface area contributed by atoms with Crippen LogP contribution in [-0.2, 0) is 6.54 Å². The van der Waals surface area contributed by atoms with E-state index >= 15 is 0 Å². The molecule has 18 heavy (non-hydrogen) atoms. The Morgan fingerprint density at radius 2 is 2.22 bits per heavy atom. The van der Waals surface area contributed by atoms with E-state index in [1.807, 2.05) is 6.07 Å². The number of carbonyl (C=O) groups is 1. The minimum absolute atomic E-state index is 0.0227. The fraction of sp³-hybridized carbons (Fsp3) is 0.0909. The Labute approximate surface area is 111 Å². The van der Waals surface area contributed by atoms with Crippen molar-refractivity contribution < 1.29 is 4.79 Å². The van der Waals surface area contributed by atoms with Gasteiger partial charge in [-0.05, 0) is 12.1 Å². The Morgan fingerprint density at radius 1 is 1.44 bits per heavy atom. The molecule has 2 heterocycles. The van der Waals surface area contributed by atoms with Crippen molar-refractivity contribution >= 4 is 28.7 Å². The molecule has 0 aromatic carbocycles. The van der Waals surface area contributed by atoms with Crippen LogP contribution >= 0.6 is 22.9 Å². The molecule has 0 spiro atoms. The number of Topliss-reactive ketones (excluding diaryl/α,β-unsaturated/α-hetero) is 1. The molecule has 0 N–H and O–H groups in total. The van der Waals surface area contributed by atoms with Crippen molar-refractivity contribution in [2.24, 2.45) is 0 Å². The first-order chi connectivity index (χ1) is 8.65. The highest BCUT2D eigenvalue weighted by atomic mass is 35.5. The SMILES string of the molecule is N#Cc1ncn(CC(=O)c2ccc(Cl)s2)c1C#N. The second-order valence-corrected chi connectivity index (χ2v) is 5.04. The molecular weight excluding hydrogens is 272 g/mol. The summed E-state index contributed by atoms with van der Waals surface area (Å²) in [6.07, 6.45) is 1.31. The van der Waals surface area contributed by atoms with Gasteiger partial charge in [0.1, 0.15) is 12.1 Å². The molecule has 7 heteroatoms. The minimum Gasteiger partial charge on any atom is -0.313 e. The van der Waals surface area contributed by atoms with Crippen LogP contribution in [0.15, 0.2) is 18.5 Å². The summed E-state index contributed by atoms with van der Waals surface area (Å²) in [5, 5.41) is 17.7. The van der Waals surface area contributed by atoms with Gasteiger partial charge in [0, 0.05) is 0 Å². The number of aromatic nitrogens is 2. The van der Waals surface area contributed by atoms with Gasteiger partial charge in [0.25, 0.3) is 0 Å². The van der Waals surface area contributed by atoms with Crippen molar-refractivity contribution in [3.8, 4) is 12.1 Å². The van der Waals surface area contributed by atoms with E-state index in [2.05, 4.69) is 4.98 Å².